The lowest BCUT2D eigenvalue weighted by Gasteiger charge is -2.21. The Morgan fingerprint density at radius 3 is 2.41 bits per heavy atom. The molecule has 2 aromatic carbocycles. The molecule has 1 aliphatic carbocycles. The van der Waals surface area contributed by atoms with Crippen LogP contribution in [0, 0.1) is 0 Å². The lowest BCUT2D eigenvalue weighted by Crippen LogP contribution is -2.07. The van der Waals surface area contributed by atoms with E-state index < -0.39 is 0 Å². The Kier molecular flexibility index (Phi) is 6.77. The van der Waals surface area contributed by atoms with Gasteiger partial charge < -0.3 is 5.32 Å². The Balaban J connectivity index is 0.000000168. The van der Waals surface area contributed by atoms with E-state index in [1.54, 1.807) is 30.6 Å². The van der Waals surface area contributed by atoms with E-state index in [4.69, 9.17) is 11.6 Å². The Bertz CT molecular complexity index is 884. The van der Waals surface area contributed by atoms with Gasteiger partial charge in [0.1, 0.15) is 6.33 Å². The van der Waals surface area contributed by atoms with Gasteiger partial charge in [-0.05, 0) is 43.2 Å². The Morgan fingerprint density at radius 2 is 1.70 bits per heavy atom. The van der Waals surface area contributed by atoms with E-state index in [1.807, 2.05) is 6.07 Å². The zero-order chi connectivity index (χ0) is 19.1. The number of amides is 1. The maximum atomic E-state index is 10.6. The van der Waals surface area contributed by atoms with Gasteiger partial charge in [-0.25, -0.2) is 9.97 Å². The van der Waals surface area contributed by atoms with Crippen LogP contribution in [0.5, 0.6) is 0 Å². The first kappa shape index (κ1) is 19.3. The number of nitrogens with one attached hydrogen (secondary N) is 1. The smallest absolute Gasteiger partial charge is 0.221 e. The highest BCUT2D eigenvalue weighted by Gasteiger charge is 2.18. The van der Waals surface area contributed by atoms with Crippen molar-refractivity contribution < 1.29 is 4.79 Å². The predicted molar refractivity (Wildman–Crippen MR) is 111 cm³/mol. The first-order valence-corrected chi connectivity index (χ1v) is 9.74. The summed E-state index contributed by atoms with van der Waals surface area (Å²) >= 11 is 5.64. The number of nitrogens with zero attached hydrogens (tertiary/aromatic N) is 2. The van der Waals surface area contributed by atoms with Gasteiger partial charge in [-0.2, -0.15) is 0 Å². The third-order valence-corrected chi connectivity index (χ3v) is 4.98. The minimum Gasteiger partial charge on any atom is -0.326 e. The van der Waals surface area contributed by atoms with Crippen LogP contribution in [0.25, 0.3) is 10.9 Å². The van der Waals surface area contributed by atoms with Crippen LogP contribution in [0.15, 0.2) is 54.9 Å². The number of rotatable bonds is 2. The summed E-state index contributed by atoms with van der Waals surface area (Å²) in [5, 5.41) is 4.55. The summed E-state index contributed by atoms with van der Waals surface area (Å²) in [7, 11) is 0. The first-order chi connectivity index (χ1) is 13.1. The molecule has 0 radical (unpaired) electrons. The number of benzene rings is 2. The third kappa shape index (κ3) is 5.51. The zero-order valence-electron chi connectivity index (χ0n) is 15.5. The normalized spacial score (nSPS) is 14.3. The first-order valence-electron chi connectivity index (χ1n) is 9.36. The number of hydrogen-bond donors (Lipinski definition) is 1. The molecule has 0 atom stereocenters. The van der Waals surface area contributed by atoms with Gasteiger partial charge in [0.15, 0.2) is 0 Å². The van der Waals surface area contributed by atoms with Gasteiger partial charge in [-0.1, -0.05) is 49.1 Å². The van der Waals surface area contributed by atoms with Crippen LogP contribution in [-0.4, -0.2) is 15.9 Å². The van der Waals surface area contributed by atoms with Crippen molar-refractivity contribution in [3.63, 3.8) is 0 Å². The van der Waals surface area contributed by atoms with Crippen molar-refractivity contribution in [2.24, 2.45) is 0 Å². The van der Waals surface area contributed by atoms with E-state index in [0.717, 1.165) is 11.2 Å². The average molecular weight is 382 g/mol. The van der Waals surface area contributed by atoms with Crippen LogP contribution in [0.2, 0.25) is 5.02 Å². The Hall–Kier alpha value is -2.46. The molecule has 1 fully saturated rings. The number of anilines is 1. The molecule has 1 saturated carbocycles. The predicted octanol–water partition coefficient (Wildman–Crippen LogP) is 5.98. The van der Waals surface area contributed by atoms with Crippen LogP contribution < -0.4 is 5.32 Å². The molecule has 1 amide bonds. The van der Waals surface area contributed by atoms with Crippen LogP contribution in [0.4, 0.5) is 5.69 Å². The van der Waals surface area contributed by atoms with Crippen LogP contribution in [0.3, 0.4) is 0 Å². The maximum Gasteiger partial charge on any atom is 0.221 e. The molecule has 3 aromatic rings. The second-order valence-electron chi connectivity index (χ2n) is 6.80. The summed E-state index contributed by atoms with van der Waals surface area (Å²) < 4.78 is 0. The molecule has 4 rings (SSSR count). The molecule has 27 heavy (non-hydrogen) atoms. The van der Waals surface area contributed by atoms with Crippen molar-refractivity contribution in [2.75, 3.05) is 5.32 Å². The van der Waals surface area contributed by atoms with E-state index in [2.05, 4.69) is 33.5 Å². The topological polar surface area (TPSA) is 54.9 Å². The van der Waals surface area contributed by atoms with Gasteiger partial charge in [0, 0.05) is 28.9 Å². The molecule has 0 aliphatic heterocycles. The molecule has 1 aromatic heterocycles. The van der Waals surface area contributed by atoms with E-state index >= 15 is 0 Å². The van der Waals surface area contributed by atoms with Gasteiger partial charge in [-0.3, -0.25) is 4.79 Å². The number of hydrogen-bond acceptors (Lipinski definition) is 3. The quantitative estimate of drug-likeness (QED) is 0.594. The summed E-state index contributed by atoms with van der Waals surface area (Å²) in [5.74, 6) is 0.578. The van der Waals surface area contributed by atoms with Crippen molar-refractivity contribution in [2.45, 2.75) is 44.9 Å². The van der Waals surface area contributed by atoms with Crippen molar-refractivity contribution in [3.05, 3.63) is 65.6 Å². The molecule has 5 heteroatoms. The van der Waals surface area contributed by atoms with Crippen molar-refractivity contribution in [1.82, 2.24) is 9.97 Å². The number of carbonyl (C=O) groups is 1. The van der Waals surface area contributed by atoms with Crippen molar-refractivity contribution in [1.29, 1.82) is 0 Å². The SMILES string of the molecule is CC(=O)Nc1ccc(Cl)cc1.c1ccc2c(C3CCCCC3)ncnc2c1. The van der Waals surface area contributed by atoms with Gasteiger partial charge in [0.25, 0.3) is 0 Å². The molecule has 1 aliphatic rings. The lowest BCUT2D eigenvalue weighted by atomic mass is 9.85. The average Bonchev–Trinajstić information content (AvgIpc) is 2.70. The largest absolute Gasteiger partial charge is 0.326 e. The van der Waals surface area contributed by atoms with Crippen LogP contribution in [-0.2, 0) is 4.79 Å². The maximum absolute atomic E-state index is 10.6. The fourth-order valence-corrected chi connectivity index (χ4v) is 3.59. The molecule has 0 bridgehead atoms. The highest BCUT2D eigenvalue weighted by Crippen LogP contribution is 2.34. The lowest BCUT2D eigenvalue weighted by molar-refractivity contribution is -0.114. The summed E-state index contributed by atoms with van der Waals surface area (Å²) in [6, 6.07) is 15.3. The van der Waals surface area contributed by atoms with Crippen LogP contribution >= 0.6 is 11.6 Å². The van der Waals surface area contributed by atoms with Crippen molar-refractivity contribution in [3.8, 4) is 0 Å². The Labute approximate surface area is 165 Å². The van der Waals surface area contributed by atoms with Gasteiger partial charge in [-0.15, -0.1) is 0 Å². The highest BCUT2D eigenvalue weighted by molar-refractivity contribution is 6.30. The molecule has 4 nitrogen and oxygen atoms in total. The summed E-state index contributed by atoms with van der Waals surface area (Å²) in [4.78, 5) is 19.4. The minimum atomic E-state index is -0.0766. The molecule has 140 valence electrons. The van der Waals surface area contributed by atoms with Gasteiger partial charge in [0.2, 0.25) is 5.91 Å². The minimum absolute atomic E-state index is 0.0766. The monoisotopic (exact) mass is 381 g/mol. The molecular weight excluding hydrogens is 358 g/mol. The van der Waals surface area contributed by atoms with Crippen LogP contribution in [0.1, 0.15) is 50.6 Å². The van der Waals surface area contributed by atoms with Crippen molar-refractivity contribution >= 4 is 34.1 Å². The number of halogens is 1. The second kappa shape index (κ2) is 9.47. The van der Waals surface area contributed by atoms with Gasteiger partial charge in [0.05, 0.1) is 11.2 Å². The molecular formula is C22H24ClN3O. The highest BCUT2D eigenvalue weighted by atomic mass is 35.5. The number of para-hydroxylation sites is 1. The van der Waals surface area contributed by atoms with E-state index in [1.165, 1.54) is 50.1 Å². The van der Waals surface area contributed by atoms with E-state index in [-0.39, 0.29) is 5.91 Å². The third-order valence-electron chi connectivity index (χ3n) is 4.73. The zero-order valence-corrected chi connectivity index (χ0v) is 16.2. The fraction of sp³-hybridized carbons (Fsp3) is 0.318. The van der Waals surface area contributed by atoms with E-state index in [9.17, 15) is 4.79 Å². The number of carbonyl (C=O) groups excluding carboxylic acids is 1. The van der Waals surface area contributed by atoms with E-state index in [0.29, 0.717) is 10.9 Å². The standard InChI is InChI=1S/C14H16N2.C8H8ClNO/c1-2-6-11(7-3-1)14-12-8-4-5-9-13(12)15-10-16-14;1-6(11)10-8-4-2-7(9)3-5-8/h4-5,8-11H,1-3,6-7H2;2-5H,1H3,(H,10,11). The fourth-order valence-electron chi connectivity index (χ4n) is 3.46. The summed E-state index contributed by atoms with van der Waals surface area (Å²) in [6.07, 6.45) is 8.39. The molecule has 1 N–H and O–H groups in total. The molecule has 1 heterocycles. The summed E-state index contributed by atoms with van der Waals surface area (Å²) in [5.41, 5.74) is 3.12. The summed E-state index contributed by atoms with van der Waals surface area (Å²) in [6.45, 7) is 1.47. The number of aromatic nitrogens is 2. The molecule has 0 unspecified atom stereocenters. The number of fused-ring (bicyclic) bond motifs is 1. The molecule has 0 spiro atoms. The van der Waals surface area contributed by atoms with Gasteiger partial charge >= 0.3 is 0 Å². The molecule has 0 saturated heterocycles. The Morgan fingerprint density at radius 1 is 1.00 bits per heavy atom. The second-order valence-corrected chi connectivity index (χ2v) is 7.24.